The summed E-state index contributed by atoms with van der Waals surface area (Å²) in [5.74, 6) is -1.22. The summed E-state index contributed by atoms with van der Waals surface area (Å²) in [6.07, 6.45) is 1.40. The van der Waals surface area contributed by atoms with Gasteiger partial charge in [-0.25, -0.2) is 9.69 Å². The average molecular weight is 465 g/mol. The van der Waals surface area contributed by atoms with E-state index in [1.54, 1.807) is 24.3 Å². The second kappa shape index (κ2) is 9.71. The summed E-state index contributed by atoms with van der Waals surface area (Å²) in [7, 11) is 0. The molecule has 4 rings (SSSR count). The number of hydrogen-bond donors (Lipinski definition) is 2. The molecule has 0 aromatic heterocycles. The number of hydrogen-bond acceptors (Lipinski definition) is 7. The highest BCUT2D eigenvalue weighted by molar-refractivity contribution is 6.16. The van der Waals surface area contributed by atoms with Crippen LogP contribution in [0, 0.1) is 17.0 Å². The number of ether oxygens (including phenoxy) is 1. The molecule has 0 spiro atoms. The number of anilines is 2. The van der Waals surface area contributed by atoms with E-state index in [1.165, 1.54) is 18.2 Å². The predicted octanol–water partition coefficient (Wildman–Crippen LogP) is 2.27. The number of imide groups is 1. The highest BCUT2D eigenvalue weighted by Gasteiger charge is 2.35. The summed E-state index contributed by atoms with van der Waals surface area (Å²) in [5, 5.41) is 16.4. The molecule has 176 valence electrons. The fourth-order valence-electron chi connectivity index (χ4n) is 3.80. The first-order valence-corrected chi connectivity index (χ1v) is 10.6. The number of aryl methyl sites for hydroxylation is 1. The van der Waals surface area contributed by atoms with Crippen LogP contribution in [0.2, 0.25) is 0 Å². The molecule has 11 heteroatoms. The molecule has 0 unspecified atom stereocenters. The van der Waals surface area contributed by atoms with Gasteiger partial charge in [0.05, 0.1) is 18.1 Å². The fraction of sp³-hybridized carbons (Fsp3) is 0.261. The number of amides is 4. The lowest BCUT2D eigenvalue weighted by molar-refractivity contribution is -0.384. The van der Waals surface area contributed by atoms with Crippen molar-refractivity contribution in [3.63, 3.8) is 0 Å². The number of benzene rings is 2. The van der Waals surface area contributed by atoms with Gasteiger partial charge in [-0.05, 0) is 36.8 Å². The van der Waals surface area contributed by atoms with Gasteiger partial charge in [0.25, 0.3) is 11.6 Å². The van der Waals surface area contributed by atoms with Gasteiger partial charge < -0.3 is 20.3 Å². The molecule has 2 aromatic carbocycles. The Kier molecular flexibility index (Phi) is 6.55. The Balaban J connectivity index is 1.56. The minimum Gasteiger partial charge on any atom is -0.378 e. The molecule has 34 heavy (non-hydrogen) atoms. The SMILES string of the molecule is Cc1cccc(NC(=O)CN2C(=O)N/C(=C\c3cc([N+](=O)[O-])ccc3N3CCOCC3)C2=O)c1. The van der Waals surface area contributed by atoms with Crippen molar-refractivity contribution in [1.82, 2.24) is 10.2 Å². The van der Waals surface area contributed by atoms with Crippen molar-refractivity contribution in [1.29, 1.82) is 0 Å². The van der Waals surface area contributed by atoms with E-state index in [1.807, 2.05) is 17.9 Å². The third-order valence-electron chi connectivity index (χ3n) is 5.44. The molecule has 2 fully saturated rings. The number of carbonyl (C=O) groups is 3. The first-order valence-electron chi connectivity index (χ1n) is 10.6. The van der Waals surface area contributed by atoms with E-state index in [2.05, 4.69) is 10.6 Å². The maximum absolute atomic E-state index is 12.9. The number of nitrogens with one attached hydrogen (secondary N) is 2. The van der Waals surface area contributed by atoms with Gasteiger partial charge in [-0.1, -0.05) is 12.1 Å². The number of morpholine rings is 1. The molecule has 2 heterocycles. The summed E-state index contributed by atoms with van der Waals surface area (Å²) >= 11 is 0. The molecule has 4 amide bonds. The Morgan fingerprint density at radius 2 is 1.97 bits per heavy atom. The van der Waals surface area contributed by atoms with Crippen molar-refractivity contribution in [2.24, 2.45) is 0 Å². The number of carbonyl (C=O) groups excluding carboxylic acids is 3. The lowest BCUT2D eigenvalue weighted by Gasteiger charge is -2.30. The van der Waals surface area contributed by atoms with Crippen molar-refractivity contribution >= 4 is 41.0 Å². The molecule has 0 radical (unpaired) electrons. The van der Waals surface area contributed by atoms with Crippen LogP contribution in [-0.2, 0) is 14.3 Å². The van der Waals surface area contributed by atoms with Crippen LogP contribution in [0.15, 0.2) is 48.2 Å². The van der Waals surface area contributed by atoms with Gasteiger partial charge >= 0.3 is 6.03 Å². The highest BCUT2D eigenvalue weighted by atomic mass is 16.6. The zero-order valence-electron chi connectivity index (χ0n) is 18.4. The Morgan fingerprint density at radius 1 is 1.21 bits per heavy atom. The van der Waals surface area contributed by atoms with Crippen molar-refractivity contribution in [2.45, 2.75) is 6.92 Å². The Hall–Kier alpha value is -4.25. The van der Waals surface area contributed by atoms with E-state index in [4.69, 9.17) is 4.74 Å². The van der Waals surface area contributed by atoms with E-state index < -0.39 is 29.3 Å². The van der Waals surface area contributed by atoms with Crippen LogP contribution < -0.4 is 15.5 Å². The summed E-state index contributed by atoms with van der Waals surface area (Å²) < 4.78 is 5.37. The van der Waals surface area contributed by atoms with Crippen LogP contribution in [0.25, 0.3) is 6.08 Å². The number of urea groups is 1. The summed E-state index contributed by atoms with van der Waals surface area (Å²) in [4.78, 5) is 51.3. The van der Waals surface area contributed by atoms with Crippen molar-refractivity contribution < 1.29 is 24.0 Å². The number of non-ortho nitro benzene ring substituents is 1. The second-order valence-electron chi connectivity index (χ2n) is 7.90. The van der Waals surface area contributed by atoms with Crippen molar-refractivity contribution in [3.8, 4) is 0 Å². The van der Waals surface area contributed by atoms with Gasteiger partial charge in [-0.3, -0.25) is 19.7 Å². The van der Waals surface area contributed by atoms with E-state index in [9.17, 15) is 24.5 Å². The predicted molar refractivity (Wildman–Crippen MR) is 124 cm³/mol. The molecule has 0 saturated carbocycles. The zero-order valence-corrected chi connectivity index (χ0v) is 18.4. The second-order valence-corrected chi connectivity index (χ2v) is 7.90. The zero-order chi connectivity index (χ0) is 24.2. The highest BCUT2D eigenvalue weighted by Crippen LogP contribution is 2.29. The maximum Gasteiger partial charge on any atom is 0.329 e. The Bertz CT molecular complexity index is 1190. The quantitative estimate of drug-likeness (QED) is 0.289. The fourth-order valence-corrected chi connectivity index (χ4v) is 3.80. The molecule has 2 aliphatic heterocycles. The van der Waals surface area contributed by atoms with Crippen LogP contribution in [0.3, 0.4) is 0 Å². The van der Waals surface area contributed by atoms with Gasteiger partial charge in [0, 0.05) is 42.2 Å². The molecule has 11 nitrogen and oxygen atoms in total. The first kappa shape index (κ1) is 22.9. The van der Waals surface area contributed by atoms with Gasteiger partial charge in [-0.15, -0.1) is 0 Å². The van der Waals surface area contributed by atoms with Gasteiger partial charge in [-0.2, -0.15) is 0 Å². The first-order chi connectivity index (χ1) is 16.3. The normalized spacial score (nSPS) is 17.1. The Morgan fingerprint density at radius 3 is 2.68 bits per heavy atom. The van der Waals surface area contributed by atoms with E-state index in [0.717, 1.165) is 10.5 Å². The molecule has 2 aromatic rings. The Labute approximate surface area is 195 Å². The number of nitro groups is 1. The molecular formula is C23H23N5O6. The van der Waals surface area contributed by atoms with Crippen LogP contribution in [0.4, 0.5) is 21.9 Å². The van der Waals surface area contributed by atoms with Crippen LogP contribution in [0.5, 0.6) is 0 Å². The molecule has 2 aliphatic rings. The number of nitrogens with zero attached hydrogens (tertiary/aromatic N) is 3. The monoisotopic (exact) mass is 465 g/mol. The van der Waals surface area contributed by atoms with Crippen molar-refractivity contribution in [3.05, 3.63) is 69.4 Å². The molecular weight excluding hydrogens is 442 g/mol. The van der Waals surface area contributed by atoms with Gasteiger partial charge in [0.2, 0.25) is 5.91 Å². The number of rotatable bonds is 6. The molecule has 2 N–H and O–H groups in total. The molecule has 2 saturated heterocycles. The average Bonchev–Trinajstić information content (AvgIpc) is 3.07. The third kappa shape index (κ3) is 5.04. The van der Waals surface area contributed by atoms with Crippen LogP contribution in [0.1, 0.15) is 11.1 Å². The minimum absolute atomic E-state index is 0.0663. The van der Waals surface area contributed by atoms with Gasteiger partial charge in [0.15, 0.2) is 0 Å². The molecule has 0 bridgehead atoms. The number of nitro benzene ring substituents is 1. The summed E-state index contributed by atoms with van der Waals surface area (Å²) in [6, 6.07) is 10.8. The lowest BCUT2D eigenvalue weighted by atomic mass is 10.1. The minimum atomic E-state index is -0.742. The van der Waals surface area contributed by atoms with Crippen molar-refractivity contribution in [2.75, 3.05) is 43.1 Å². The van der Waals surface area contributed by atoms with Crippen LogP contribution in [-0.4, -0.2) is 60.5 Å². The molecule has 0 atom stereocenters. The standard InChI is InChI=1S/C23H23N5O6/c1-15-3-2-4-17(11-15)24-21(29)14-27-22(30)19(25-23(27)31)13-16-12-18(28(32)33)5-6-20(16)26-7-9-34-10-8-26/h2-6,11-13H,7-10,14H2,1H3,(H,24,29)(H,25,31)/b19-13-. The lowest BCUT2D eigenvalue weighted by Crippen LogP contribution is -2.38. The molecule has 0 aliphatic carbocycles. The smallest absolute Gasteiger partial charge is 0.329 e. The van der Waals surface area contributed by atoms with E-state index in [0.29, 0.717) is 43.2 Å². The third-order valence-corrected chi connectivity index (χ3v) is 5.44. The largest absolute Gasteiger partial charge is 0.378 e. The topological polar surface area (TPSA) is 134 Å². The van der Waals surface area contributed by atoms with E-state index >= 15 is 0 Å². The van der Waals surface area contributed by atoms with Gasteiger partial charge in [0.1, 0.15) is 12.2 Å². The summed E-state index contributed by atoms with van der Waals surface area (Å²) in [6.45, 7) is 3.59. The maximum atomic E-state index is 12.9. The van der Waals surface area contributed by atoms with Crippen LogP contribution >= 0.6 is 0 Å². The summed E-state index contributed by atoms with van der Waals surface area (Å²) in [5.41, 5.74) is 2.38. The van der Waals surface area contributed by atoms with E-state index in [-0.39, 0.29) is 11.4 Å².